The number of hydrogen-bond donors (Lipinski definition) is 0. The minimum atomic E-state index is 0.383. The van der Waals surface area contributed by atoms with Crippen LogP contribution in [0.3, 0.4) is 0 Å². The standard InChI is InChI=1S/C44H34N4S/c45-26-27-10-16-36-37-17-13-33(22-40(37)49-39(36)21-27)42-46-41(32-6-2-1-3-7-32)47-43(48-42)38-9-5-4-8-35(38)31-11-14-34(15-12-31)44-23-28-18-29(24-44)20-30(19-28)25-44/h1-17,21-22,28-30H,18-20,23-25H2/t28-,29-,30?,44?/m1/s1. The van der Waals surface area contributed by atoms with Gasteiger partial charge in [0.2, 0.25) is 0 Å². The molecule has 0 N–H and O–H groups in total. The van der Waals surface area contributed by atoms with Crippen LogP contribution in [0, 0.1) is 29.1 Å². The molecule has 4 aliphatic carbocycles. The summed E-state index contributed by atoms with van der Waals surface area (Å²) in [5.41, 5.74) is 7.82. The lowest BCUT2D eigenvalue weighted by atomic mass is 9.48. The number of benzene rings is 5. The van der Waals surface area contributed by atoms with Crippen LogP contribution in [0.15, 0.2) is 115 Å². The molecule has 49 heavy (non-hydrogen) atoms. The van der Waals surface area contributed by atoms with Gasteiger partial charge in [-0.15, -0.1) is 11.3 Å². The van der Waals surface area contributed by atoms with Gasteiger partial charge in [0.1, 0.15) is 0 Å². The summed E-state index contributed by atoms with van der Waals surface area (Å²) in [6.07, 6.45) is 8.51. The number of aromatic nitrogens is 3. The van der Waals surface area contributed by atoms with Crippen LogP contribution in [-0.4, -0.2) is 15.0 Å². The predicted molar refractivity (Wildman–Crippen MR) is 199 cm³/mol. The van der Waals surface area contributed by atoms with Gasteiger partial charge in [0.15, 0.2) is 17.5 Å². The van der Waals surface area contributed by atoms with Crippen molar-refractivity contribution in [3.05, 3.63) is 126 Å². The average molecular weight is 651 g/mol. The highest BCUT2D eigenvalue weighted by Gasteiger charge is 2.51. The molecule has 0 atom stereocenters. The summed E-state index contributed by atoms with van der Waals surface area (Å²) in [6.45, 7) is 0. The molecule has 7 aromatic rings. The van der Waals surface area contributed by atoms with Gasteiger partial charge < -0.3 is 0 Å². The number of thiophene rings is 1. The third-order valence-electron chi connectivity index (χ3n) is 11.5. The van der Waals surface area contributed by atoms with E-state index in [4.69, 9.17) is 15.0 Å². The van der Waals surface area contributed by atoms with Gasteiger partial charge in [-0.2, -0.15) is 5.26 Å². The molecule has 2 heterocycles. The maximum Gasteiger partial charge on any atom is 0.164 e. The summed E-state index contributed by atoms with van der Waals surface area (Å²) in [6, 6.07) is 42.8. The van der Waals surface area contributed by atoms with Crippen molar-refractivity contribution in [1.29, 1.82) is 5.26 Å². The smallest absolute Gasteiger partial charge is 0.164 e. The first kappa shape index (κ1) is 28.8. The van der Waals surface area contributed by atoms with Gasteiger partial charge in [-0.05, 0) is 96.6 Å². The molecule has 4 fully saturated rings. The highest BCUT2D eigenvalue weighted by molar-refractivity contribution is 7.25. The maximum atomic E-state index is 9.44. The monoisotopic (exact) mass is 650 g/mol. The molecule has 0 aliphatic heterocycles. The van der Waals surface area contributed by atoms with Crippen molar-refractivity contribution >= 4 is 31.5 Å². The first-order valence-electron chi connectivity index (χ1n) is 17.5. The Kier molecular flexibility index (Phi) is 6.57. The molecule has 2 aromatic heterocycles. The van der Waals surface area contributed by atoms with E-state index in [1.807, 2.05) is 36.4 Å². The van der Waals surface area contributed by atoms with Crippen molar-refractivity contribution in [2.24, 2.45) is 17.8 Å². The Bertz CT molecular complexity index is 2400. The molecular weight excluding hydrogens is 617 g/mol. The Balaban J connectivity index is 1.07. The lowest BCUT2D eigenvalue weighted by Gasteiger charge is -2.57. The lowest BCUT2D eigenvalue weighted by molar-refractivity contribution is -0.00518. The summed E-state index contributed by atoms with van der Waals surface area (Å²) in [5, 5.41) is 11.8. The molecule has 0 spiro atoms. The van der Waals surface area contributed by atoms with Crippen molar-refractivity contribution in [3.8, 4) is 51.4 Å². The van der Waals surface area contributed by atoms with Crippen molar-refractivity contribution in [1.82, 2.24) is 15.0 Å². The van der Waals surface area contributed by atoms with Gasteiger partial charge in [-0.3, -0.25) is 0 Å². The zero-order valence-electron chi connectivity index (χ0n) is 27.1. The molecule has 4 aliphatic rings. The van der Waals surface area contributed by atoms with Crippen LogP contribution in [0.1, 0.15) is 49.7 Å². The summed E-state index contributed by atoms with van der Waals surface area (Å²) < 4.78 is 2.25. The molecule has 4 saturated carbocycles. The first-order valence-corrected chi connectivity index (χ1v) is 18.3. The fourth-order valence-electron chi connectivity index (χ4n) is 9.72. The predicted octanol–water partition coefficient (Wildman–Crippen LogP) is 11.2. The van der Waals surface area contributed by atoms with Crippen LogP contribution >= 0.6 is 11.3 Å². The second kappa shape index (κ2) is 11.2. The van der Waals surface area contributed by atoms with Crippen LogP contribution in [0.4, 0.5) is 0 Å². The van der Waals surface area contributed by atoms with Gasteiger partial charge in [0.05, 0.1) is 11.6 Å². The molecule has 4 bridgehead atoms. The fraction of sp³-hybridized carbons (Fsp3) is 0.227. The number of nitriles is 1. The Labute approximate surface area is 290 Å². The maximum absolute atomic E-state index is 9.44. The van der Waals surface area contributed by atoms with E-state index >= 15 is 0 Å². The van der Waals surface area contributed by atoms with Crippen molar-refractivity contribution in [3.63, 3.8) is 0 Å². The van der Waals surface area contributed by atoms with E-state index in [-0.39, 0.29) is 0 Å². The average Bonchev–Trinajstić information content (AvgIpc) is 3.51. The third kappa shape index (κ3) is 4.89. The minimum absolute atomic E-state index is 0.383. The molecule has 0 amide bonds. The molecule has 0 saturated heterocycles. The highest BCUT2D eigenvalue weighted by Crippen LogP contribution is 2.60. The van der Waals surface area contributed by atoms with Crippen molar-refractivity contribution in [2.45, 2.75) is 43.9 Å². The van der Waals surface area contributed by atoms with Gasteiger partial charge in [0, 0.05) is 36.9 Å². The molecular formula is C44H34N4S. The fourth-order valence-corrected chi connectivity index (χ4v) is 10.9. The molecule has 236 valence electrons. The highest BCUT2D eigenvalue weighted by atomic mass is 32.1. The van der Waals surface area contributed by atoms with Gasteiger partial charge >= 0.3 is 0 Å². The van der Waals surface area contributed by atoms with Crippen LogP contribution in [-0.2, 0) is 5.41 Å². The lowest BCUT2D eigenvalue weighted by Crippen LogP contribution is -2.48. The third-order valence-corrected chi connectivity index (χ3v) is 12.7. The van der Waals surface area contributed by atoms with E-state index in [0.29, 0.717) is 28.5 Å². The number of hydrogen-bond acceptors (Lipinski definition) is 5. The number of nitrogens with zero attached hydrogens (tertiary/aromatic N) is 4. The SMILES string of the molecule is N#Cc1ccc2c(c1)sc1cc(-c3nc(-c4ccccc4)nc(-c4ccccc4-c4ccc(C56CC7C[C@H](C5)C[C@H](C7)C6)cc4)n3)ccc12. The van der Waals surface area contributed by atoms with Gasteiger partial charge in [0.25, 0.3) is 0 Å². The van der Waals surface area contributed by atoms with Crippen LogP contribution in [0.5, 0.6) is 0 Å². The van der Waals surface area contributed by atoms with Gasteiger partial charge in [-0.25, -0.2) is 15.0 Å². The van der Waals surface area contributed by atoms with E-state index in [1.54, 1.807) is 16.9 Å². The molecule has 0 unspecified atom stereocenters. The normalized spacial score (nSPS) is 22.5. The molecule has 5 heteroatoms. The molecule has 5 aromatic carbocycles. The quantitative estimate of drug-likeness (QED) is 0.186. The Morgan fingerprint density at radius 3 is 1.82 bits per heavy atom. The Morgan fingerprint density at radius 1 is 0.551 bits per heavy atom. The molecule has 11 rings (SSSR count). The largest absolute Gasteiger partial charge is 0.208 e. The topological polar surface area (TPSA) is 62.5 Å². The Morgan fingerprint density at radius 2 is 1.12 bits per heavy atom. The number of fused-ring (bicyclic) bond motifs is 3. The van der Waals surface area contributed by atoms with E-state index in [0.717, 1.165) is 54.8 Å². The summed E-state index contributed by atoms with van der Waals surface area (Å²) >= 11 is 1.70. The van der Waals surface area contributed by atoms with Crippen molar-refractivity contribution < 1.29 is 0 Å². The molecule has 0 radical (unpaired) electrons. The number of rotatable bonds is 5. The van der Waals surface area contributed by atoms with E-state index < -0.39 is 0 Å². The zero-order chi connectivity index (χ0) is 32.5. The van der Waals surface area contributed by atoms with E-state index in [1.165, 1.54) is 49.5 Å². The summed E-state index contributed by atoms with van der Waals surface area (Å²) in [4.78, 5) is 15.3. The summed E-state index contributed by atoms with van der Waals surface area (Å²) in [5.74, 6) is 4.76. The van der Waals surface area contributed by atoms with Gasteiger partial charge in [-0.1, -0.05) is 97.1 Å². The van der Waals surface area contributed by atoms with Crippen LogP contribution in [0.25, 0.3) is 65.5 Å². The second-order valence-electron chi connectivity index (χ2n) is 14.6. The summed E-state index contributed by atoms with van der Waals surface area (Å²) in [7, 11) is 0. The molecule has 4 nitrogen and oxygen atoms in total. The van der Waals surface area contributed by atoms with Crippen LogP contribution in [0.2, 0.25) is 0 Å². The van der Waals surface area contributed by atoms with Crippen molar-refractivity contribution in [2.75, 3.05) is 0 Å². The minimum Gasteiger partial charge on any atom is -0.208 e. The first-order chi connectivity index (χ1) is 24.1. The van der Waals surface area contributed by atoms with E-state index in [9.17, 15) is 5.26 Å². The van der Waals surface area contributed by atoms with E-state index in [2.05, 4.69) is 84.9 Å². The van der Waals surface area contributed by atoms with Crippen LogP contribution < -0.4 is 0 Å². The zero-order valence-corrected chi connectivity index (χ0v) is 28.0. The Hall–Kier alpha value is -5.18. The second-order valence-corrected chi connectivity index (χ2v) is 15.7.